The highest BCUT2D eigenvalue weighted by Gasteiger charge is 2.15. The molecule has 0 bridgehead atoms. The van der Waals surface area contributed by atoms with Crippen LogP contribution in [0.5, 0.6) is 0 Å². The molecule has 1 aliphatic carbocycles. The first kappa shape index (κ1) is 12.9. The standard InChI is InChI=1S/C8H12.C4H8O2/c1-6-4-5-7(2)8(6)3;1-3-6-4(2)5/h4-5,7-8H,1H2,2-3H3;3H2,1-2H3/t7-,8-;/m0./s1. The number of rotatable bonds is 1. The highest BCUT2D eigenvalue weighted by Crippen LogP contribution is 2.27. The first-order valence-electron chi connectivity index (χ1n) is 4.99. The molecule has 2 atom stereocenters. The molecule has 0 amide bonds. The Morgan fingerprint density at radius 1 is 1.57 bits per heavy atom. The van der Waals surface area contributed by atoms with Crippen LogP contribution in [0, 0.1) is 11.8 Å². The molecule has 0 unspecified atom stereocenters. The zero-order chi connectivity index (χ0) is 11.1. The molecule has 0 spiro atoms. The third-order valence-corrected chi connectivity index (χ3v) is 2.34. The number of carbonyl (C=O) groups excluding carboxylic acids is 1. The summed E-state index contributed by atoms with van der Waals surface area (Å²) in [5.41, 5.74) is 1.28. The molecule has 2 nitrogen and oxygen atoms in total. The van der Waals surface area contributed by atoms with Gasteiger partial charge >= 0.3 is 5.97 Å². The van der Waals surface area contributed by atoms with E-state index >= 15 is 0 Å². The van der Waals surface area contributed by atoms with E-state index in [0.717, 1.165) is 0 Å². The summed E-state index contributed by atoms with van der Waals surface area (Å²) in [4.78, 5) is 9.82. The smallest absolute Gasteiger partial charge is 0.302 e. The molecule has 80 valence electrons. The Bertz CT molecular complexity index is 228. The summed E-state index contributed by atoms with van der Waals surface area (Å²) >= 11 is 0. The SMILES string of the molecule is C=C1C=C[C@H](C)[C@H]1C.CCOC(C)=O. The fraction of sp³-hybridized carbons (Fsp3) is 0.583. The molecule has 0 aromatic carbocycles. The second kappa shape index (κ2) is 6.41. The normalized spacial score (nSPS) is 24.1. The maximum Gasteiger partial charge on any atom is 0.302 e. The number of esters is 1. The lowest BCUT2D eigenvalue weighted by molar-refractivity contribution is -0.140. The quantitative estimate of drug-likeness (QED) is 0.603. The molecule has 0 aromatic rings. The fourth-order valence-corrected chi connectivity index (χ4v) is 1.13. The maximum absolute atomic E-state index is 9.82. The van der Waals surface area contributed by atoms with Crippen LogP contribution in [0.3, 0.4) is 0 Å². The lowest BCUT2D eigenvalue weighted by Crippen LogP contribution is -1.98. The van der Waals surface area contributed by atoms with Gasteiger partial charge in [-0.05, 0) is 18.8 Å². The zero-order valence-electron chi connectivity index (χ0n) is 9.54. The minimum atomic E-state index is -0.211. The van der Waals surface area contributed by atoms with Gasteiger partial charge in [0, 0.05) is 6.92 Å². The molecule has 0 radical (unpaired) electrons. The Kier molecular flexibility index (Phi) is 5.93. The third-order valence-electron chi connectivity index (χ3n) is 2.34. The average molecular weight is 196 g/mol. The van der Waals surface area contributed by atoms with E-state index < -0.39 is 0 Å². The van der Waals surface area contributed by atoms with E-state index in [0.29, 0.717) is 18.4 Å². The zero-order valence-corrected chi connectivity index (χ0v) is 9.54. The molecule has 1 aliphatic rings. The summed E-state index contributed by atoms with van der Waals surface area (Å²) in [6.45, 7) is 12.0. The van der Waals surface area contributed by atoms with Crippen LogP contribution in [-0.2, 0) is 9.53 Å². The van der Waals surface area contributed by atoms with E-state index in [9.17, 15) is 4.79 Å². The van der Waals surface area contributed by atoms with Gasteiger partial charge in [0.25, 0.3) is 0 Å². The van der Waals surface area contributed by atoms with Gasteiger partial charge in [0.1, 0.15) is 0 Å². The van der Waals surface area contributed by atoms with Crippen LogP contribution < -0.4 is 0 Å². The van der Waals surface area contributed by atoms with Gasteiger partial charge in [-0.2, -0.15) is 0 Å². The minimum Gasteiger partial charge on any atom is -0.466 e. The van der Waals surface area contributed by atoms with Crippen LogP contribution >= 0.6 is 0 Å². The van der Waals surface area contributed by atoms with Crippen LogP contribution in [0.15, 0.2) is 24.3 Å². The first-order valence-corrected chi connectivity index (χ1v) is 4.99. The lowest BCUT2D eigenvalue weighted by atomic mass is 9.97. The van der Waals surface area contributed by atoms with Gasteiger partial charge in [-0.3, -0.25) is 4.79 Å². The molecule has 14 heavy (non-hydrogen) atoms. The van der Waals surface area contributed by atoms with Crippen molar-refractivity contribution in [2.75, 3.05) is 6.61 Å². The number of allylic oxidation sites excluding steroid dienone is 3. The minimum absolute atomic E-state index is 0.211. The van der Waals surface area contributed by atoms with Crippen molar-refractivity contribution >= 4 is 5.97 Å². The predicted octanol–water partition coefficient (Wildman–Crippen LogP) is 2.95. The summed E-state index contributed by atoms with van der Waals surface area (Å²) in [5, 5.41) is 0. The number of hydrogen-bond acceptors (Lipinski definition) is 2. The van der Waals surface area contributed by atoms with Gasteiger partial charge in [0.2, 0.25) is 0 Å². The van der Waals surface area contributed by atoms with Gasteiger partial charge in [-0.1, -0.05) is 38.2 Å². The lowest BCUT2D eigenvalue weighted by Gasteiger charge is -2.07. The molecule has 0 saturated carbocycles. The molecule has 0 heterocycles. The molecule has 2 heteroatoms. The van der Waals surface area contributed by atoms with Crippen LogP contribution in [0.4, 0.5) is 0 Å². The molecule has 0 N–H and O–H groups in total. The summed E-state index contributed by atoms with van der Waals surface area (Å²) in [7, 11) is 0. The fourth-order valence-electron chi connectivity index (χ4n) is 1.13. The third kappa shape index (κ3) is 4.85. The molecule has 0 fully saturated rings. The van der Waals surface area contributed by atoms with E-state index in [4.69, 9.17) is 0 Å². The van der Waals surface area contributed by atoms with Crippen LogP contribution in [0.2, 0.25) is 0 Å². The molecule has 0 aromatic heterocycles. The van der Waals surface area contributed by atoms with Crippen molar-refractivity contribution in [1.29, 1.82) is 0 Å². The van der Waals surface area contributed by atoms with E-state index in [-0.39, 0.29) is 5.97 Å². The Hall–Kier alpha value is -1.05. The maximum atomic E-state index is 9.82. The largest absolute Gasteiger partial charge is 0.466 e. The van der Waals surface area contributed by atoms with Gasteiger partial charge in [-0.15, -0.1) is 0 Å². The number of carbonyl (C=O) groups is 1. The highest BCUT2D eigenvalue weighted by molar-refractivity contribution is 5.65. The van der Waals surface area contributed by atoms with Gasteiger partial charge in [-0.25, -0.2) is 0 Å². The van der Waals surface area contributed by atoms with Gasteiger partial charge in [0.05, 0.1) is 6.61 Å². The number of hydrogen-bond donors (Lipinski definition) is 0. The van der Waals surface area contributed by atoms with Gasteiger partial charge in [0.15, 0.2) is 0 Å². The molecular formula is C12H20O2. The monoisotopic (exact) mass is 196 g/mol. The number of ether oxygens (including phenoxy) is 1. The molecule has 1 rings (SSSR count). The van der Waals surface area contributed by atoms with Crippen molar-refractivity contribution in [3.05, 3.63) is 24.3 Å². The van der Waals surface area contributed by atoms with Crippen molar-refractivity contribution in [3.8, 4) is 0 Å². The van der Waals surface area contributed by atoms with E-state index in [1.807, 2.05) is 0 Å². The molecule has 0 saturated heterocycles. The van der Waals surface area contributed by atoms with Crippen molar-refractivity contribution in [2.24, 2.45) is 11.8 Å². The Morgan fingerprint density at radius 3 is 2.21 bits per heavy atom. The Balaban J connectivity index is 0.000000255. The van der Waals surface area contributed by atoms with Crippen molar-refractivity contribution in [2.45, 2.75) is 27.7 Å². The summed E-state index contributed by atoms with van der Waals surface area (Å²) in [5.74, 6) is 1.18. The van der Waals surface area contributed by atoms with Crippen LogP contribution in [-0.4, -0.2) is 12.6 Å². The molecular weight excluding hydrogens is 176 g/mol. The second-order valence-electron chi connectivity index (χ2n) is 3.51. The summed E-state index contributed by atoms with van der Waals surface area (Å²) < 4.78 is 4.40. The average Bonchev–Trinajstić information content (AvgIpc) is 2.37. The van der Waals surface area contributed by atoms with E-state index in [1.165, 1.54) is 12.5 Å². The summed E-state index contributed by atoms with van der Waals surface area (Å²) in [6, 6.07) is 0. The van der Waals surface area contributed by atoms with Crippen molar-refractivity contribution in [1.82, 2.24) is 0 Å². The Labute approximate surface area is 86.6 Å². The highest BCUT2D eigenvalue weighted by atomic mass is 16.5. The second-order valence-corrected chi connectivity index (χ2v) is 3.51. The predicted molar refractivity (Wildman–Crippen MR) is 58.9 cm³/mol. The van der Waals surface area contributed by atoms with Crippen LogP contribution in [0.1, 0.15) is 27.7 Å². The van der Waals surface area contributed by atoms with Gasteiger partial charge < -0.3 is 4.74 Å². The van der Waals surface area contributed by atoms with Crippen molar-refractivity contribution < 1.29 is 9.53 Å². The van der Waals surface area contributed by atoms with Crippen molar-refractivity contribution in [3.63, 3.8) is 0 Å². The topological polar surface area (TPSA) is 26.3 Å². The van der Waals surface area contributed by atoms with Crippen LogP contribution in [0.25, 0.3) is 0 Å². The first-order chi connectivity index (χ1) is 6.49. The van der Waals surface area contributed by atoms with E-state index in [2.05, 4.69) is 37.3 Å². The summed E-state index contributed by atoms with van der Waals surface area (Å²) in [6.07, 6.45) is 4.34. The molecule has 0 aliphatic heterocycles. The Morgan fingerprint density at radius 2 is 2.14 bits per heavy atom. The van der Waals surface area contributed by atoms with E-state index in [1.54, 1.807) is 6.92 Å².